The Morgan fingerprint density at radius 3 is 2.94 bits per heavy atom. The average molecular weight is 259 g/mol. The minimum absolute atomic E-state index is 0.856. The Hall–Kier alpha value is -1.42. The summed E-state index contributed by atoms with van der Waals surface area (Å²) in [5, 5.41) is 3.35. The van der Waals surface area contributed by atoms with Crippen LogP contribution in [0.2, 0.25) is 0 Å². The maximum atomic E-state index is 4.48. The zero-order valence-electron chi connectivity index (χ0n) is 10.8. The van der Waals surface area contributed by atoms with E-state index >= 15 is 0 Å². The first-order valence-electron chi connectivity index (χ1n) is 6.37. The summed E-state index contributed by atoms with van der Waals surface area (Å²) in [7, 11) is 0. The van der Waals surface area contributed by atoms with Crippen LogP contribution in [0.3, 0.4) is 0 Å². The molecular formula is C14H17N3S. The van der Waals surface area contributed by atoms with Gasteiger partial charge in [-0.3, -0.25) is 4.98 Å². The molecule has 18 heavy (non-hydrogen) atoms. The molecule has 0 aliphatic heterocycles. The Bertz CT molecular complexity index is 553. The van der Waals surface area contributed by atoms with Gasteiger partial charge in [-0.1, -0.05) is 0 Å². The SMILES string of the molecule is Cc1ncc(NCc2cc3c(s2)CCC3)nc1C. The van der Waals surface area contributed by atoms with Gasteiger partial charge in [0.2, 0.25) is 0 Å². The van der Waals surface area contributed by atoms with Gasteiger partial charge in [0.15, 0.2) is 0 Å². The minimum Gasteiger partial charge on any atom is -0.364 e. The molecule has 1 N–H and O–H groups in total. The van der Waals surface area contributed by atoms with Crippen molar-refractivity contribution in [3.05, 3.63) is 39.0 Å². The number of nitrogens with zero attached hydrogens (tertiary/aromatic N) is 2. The fraction of sp³-hybridized carbons (Fsp3) is 0.429. The van der Waals surface area contributed by atoms with E-state index in [0.29, 0.717) is 0 Å². The molecule has 0 bridgehead atoms. The van der Waals surface area contributed by atoms with Crippen molar-refractivity contribution >= 4 is 17.2 Å². The molecule has 0 saturated heterocycles. The van der Waals surface area contributed by atoms with E-state index in [-0.39, 0.29) is 0 Å². The molecule has 94 valence electrons. The number of aromatic nitrogens is 2. The van der Waals surface area contributed by atoms with Gasteiger partial charge in [0.25, 0.3) is 0 Å². The van der Waals surface area contributed by atoms with Crippen molar-refractivity contribution in [2.75, 3.05) is 5.32 Å². The molecule has 4 heteroatoms. The molecule has 3 nitrogen and oxygen atoms in total. The van der Waals surface area contributed by atoms with Crippen LogP contribution in [0.5, 0.6) is 0 Å². The maximum Gasteiger partial charge on any atom is 0.145 e. The molecule has 1 aliphatic carbocycles. The summed E-state index contributed by atoms with van der Waals surface area (Å²) in [4.78, 5) is 11.8. The summed E-state index contributed by atoms with van der Waals surface area (Å²) < 4.78 is 0. The van der Waals surface area contributed by atoms with Crippen LogP contribution in [0.1, 0.15) is 33.1 Å². The van der Waals surface area contributed by atoms with Crippen LogP contribution in [0.4, 0.5) is 5.82 Å². The van der Waals surface area contributed by atoms with Gasteiger partial charge >= 0.3 is 0 Å². The number of fused-ring (bicyclic) bond motifs is 1. The van der Waals surface area contributed by atoms with Crippen molar-refractivity contribution in [3.8, 4) is 0 Å². The molecule has 2 aromatic rings. The van der Waals surface area contributed by atoms with Gasteiger partial charge in [-0.15, -0.1) is 11.3 Å². The third-order valence-electron chi connectivity index (χ3n) is 3.43. The lowest BCUT2D eigenvalue weighted by atomic mass is 10.2. The van der Waals surface area contributed by atoms with Crippen LogP contribution in [0.15, 0.2) is 12.3 Å². The number of thiophene rings is 1. The predicted molar refractivity (Wildman–Crippen MR) is 75.2 cm³/mol. The van der Waals surface area contributed by atoms with Gasteiger partial charge in [0, 0.05) is 9.75 Å². The lowest BCUT2D eigenvalue weighted by Gasteiger charge is -2.05. The summed E-state index contributed by atoms with van der Waals surface area (Å²) in [5.41, 5.74) is 3.55. The second-order valence-corrected chi connectivity index (χ2v) is 6.02. The van der Waals surface area contributed by atoms with Crippen LogP contribution in [0.25, 0.3) is 0 Å². The number of anilines is 1. The Morgan fingerprint density at radius 1 is 1.28 bits per heavy atom. The van der Waals surface area contributed by atoms with Crippen molar-refractivity contribution in [1.82, 2.24) is 9.97 Å². The molecular weight excluding hydrogens is 242 g/mol. The summed E-state index contributed by atoms with van der Waals surface area (Å²) in [6.45, 7) is 4.83. The Balaban J connectivity index is 1.68. The van der Waals surface area contributed by atoms with Crippen molar-refractivity contribution < 1.29 is 0 Å². The fourth-order valence-corrected chi connectivity index (χ4v) is 3.48. The molecule has 2 heterocycles. The standard InChI is InChI=1S/C14H17N3S/c1-9-10(2)17-14(8-15-9)16-7-12-6-11-4-3-5-13(11)18-12/h6,8H,3-5,7H2,1-2H3,(H,16,17). The van der Waals surface area contributed by atoms with Gasteiger partial charge < -0.3 is 5.32 Å². The molecule has 2 aromatic heterocycles. The number of hydrogen-bond acceptors (Lipinski definition) is 4. The molecule has 0 amide bonds. The third kappa shape index (κ3) is 2.25. The van der Waals surface area contributed by atoms with Crippen LogP contribution in [0, 0.1) is 13.8 Å². The van der Waals surface area contributed by atoms with Crippen molar-refractivity contribution in [2.45, 2.75) is 39.7 Å². The molecule has 0 unspecified atom stereocenters. The molecule has 0 aromatic carbocycles. The van der Waals surface area contributed by atoms with Crippen LogP contribution >= 0.6 is 11.3 Å². The van der Waals surface area contributed by atoms with Gasteiger partial charge in [-0.25, -0.2) is 4.98 Å². The molecule has 0 radical (unpaired) electrons. The number of aryl methyl sites for hydroxylation is 4. The smallest absolute Gasteiger partial charge is 0.145 e. The van der Waals surface area contributed by atoms with E-state index in [4.69, 9.17) is 0 Å². The molecule has 0 atom stereocenters. The number of rotatable bonds is 3. The monoisotopic (exact) mass is 259 g/mol. The van der Waals surface area contributed by atoms with E-state index in [2.05, 4.69) is 21.4 Å². The fourth-order valence-electron chi connectivity index (χ4n) is 2.28. The average Bonchev–Trinajstić information content (AvgIpc) is 2.91. The largest absolute Gasteiger partial charge is 0.364 e. The summed E-state index contributed by atoms with van der Waals surface area (Å²) in [6.07, 6.45) is 5.67. The number of nitrogens with one attached hydrogen (secondary N) is 1. The van der Waals surface area contributed by atoms with Crippen LogP contribution in [-0.4, -0.2) is 9.97 Å². The zero-order valence-corrected chi connectivity index (χ0v) is 11.6. The van der Waals surface area contributed by atoms with Gasteiger partial charge in [0.1, 0.15) is 5.82 Å². The van der Waals surface area contributed by atoms with E-state index < -0.39 is 0 Å². The van der Waals surface area contributed by atoms with Gasteiger partial charge in [0.05, 0.1) is 24.1 Å². The van der Waals surface area contributed by atoms with Crippen LogP contribution in [-0.2, 0) is 19.4 Å². The Morgan fingerprint density at radius 2 is 2.17 bits per heavy atom. The van der Waals surface area contributed by atoms with E-state index in [0.717, 1.165) is 23.8 Å². The molecule has 3 rings (SSSR count). The number of hydrogen-bond donors (Lipinski definition) is 1. The van der Waals surface area contributed by atoms with Crippen molar-refractivity contribution in [3.63, 3.8) is 0 Å². The second kappa shape index (κ2) is 4.69. The van der Waals surface area contributed by atoms with Gasteiger partial charge in [-0.05, 0) is 44.7 Å². The van der Waals surface area contributed by atoms with E-state index in [1.54, 1.807) is 10.4 Å². The Kier molecular flexibility index (Phi) is 3.04. The first-order chi connectivity index (χ1) is 8.72. The zero-order chi connectivity index (χ0) is 12.5. The predicted octanol–water partition coefficient (Wildman–Crippen LogP) is 3.26. The topological polar surface area (TPSA) is 37.8 Å². The summed E-state index contributed by atoms with van der Waals surface area (Å²) in [6, 6.07) is 2.34. The van der Waals surface area contributed by atoms with Gasteiger partial charge in [-0.2, -0.15) is 0 Å². The van der Waals surface area contributed by atoms with Crippen LogP contribution < -0.4 is 5.32 Å². The first kappa shape index (κ1) is 11.7. The highest BCUT2D eigenvalue weighted by atomic mass is 32.1. The van der Waals surface area contributed by atoms with E-state index in [9.17, 15) is 0 Å². The second-order valence-electron chi connectivity index (χ2n) is 4.79. The third-order valence-corrected chi connectivity index (χ3v) is 4.67. The molecule has 0 fully saturated rings. The highest BCUT2D eigenvalue weighted by Gasteiger charge is 2.14. The Labute approximate surface area is 111 Å². The minimum atomic E-state index is 0.856. The molecule has 0 spiro atoms. The summed E-state index contributed by atoms with van der Waals surface area (Å²) >= 11 is 1.94. The van der Waals surface area contributed by atoms with E-state index in [1.807, 2.05) is 31.4 Å². The maximum absolute atomic E-state index is 4.48. The molecule has 0 saturated carbocycles. The first-order valence-corrected chi connectivity index (χ1v) is 7.18. The lowest BCUT2D eigenvalue weighted by molar-refractivity contribution is 0.913. The highest BCUT2D eigenvalue weighted by molar-refractivity contribution is 7.12. The molecule has 1 aliphatic rings. The van der Waals surface area contributed by atoms with Crippen molar-refractivity contribution in [1.29, 1.82) is 0 Å². The summed E-state index contributed by atoms with van der Waals surface area (Å²) in [5.74, 6) is 0.867. The highest BCUT2D eigenvalue weighted by Crippen LogP contribution is 2.30. The quantitative estimate of drug-likeness (QED) is 0.919. The lowest BCUT2D eigenvalue weighted by Crippen LogP contribution is -2.02. The van der Waals surface area contributed by atoms with E-state index in [1.165, 1.54) is 24.1 Å². The van der Waals surface area contributed by atoms with Crippen molar-refractivity contribution in [2.24, 2.45) is 0 Å². The normalized spacial score (nSPS) is 13.7.